The molecule has 48 heavy (non-hydrogen) atoms. The van der Waals surface area contributed by atoms with Gasteiger partial charge in [0.05, 0.1) is 29.2 Å². The second-order valence-electron chi connectivity index (χ2n) is 11.1. The molecule has 0 aromatic heterocycles. The van der Waals surface area contributed by atoms with Crippen molar-refractivity contribution in [2.24, 2.45) is 21.1 Å². The fourth-order valence-electron chi connectivity index (χ4n) is 4.83. The Hall–Kier alpha value is -6.12. The largest absolute Gasteiger partial charge is 0.507 e. The standard InChI is InChI=1S/C17H15N3O6.C16H20N4O2/c21-14-6-5-12(9-13(14)17(25)26)20-19-11-3-1-10(2-4-11)16(24)18-8-7-15(22)23;1-5-6-11-14(21)19-13-9-10(2)7-8-12(13)17-16(18(3)4)20(19)15(11)22/h1-6,9,21H,7-8H2,(H,18,24)(H,22,23)(H,25,26);7-9,11H,5-6H2,1-4H3/b20-19+;. The van der Waals surface area contributed by atoms with E-state index in [0.29, 0.717) is 35.0 Å². The van der Waals surface area contributed by atoms with Gasteiger partial charge in [-0.3, -0.25) is 19.2 Å². The van der Waals surface area contributed by atoms with Crippen molar-refractivity contribution in [3.63, 3.8) is 0 Å². The number of aliphatic carboxylic acids is 1. The lowest BCUT2D eigenvalue weighted by Crippen LogP contribution is -2.52. The van der Waals surface area contributed by atoms with Gasteiger partial charge in [-0.15, -0.1) is 0 Å². The number of hydrogen-bond acceptors (Lipinski definition) is 10. The highest BCUT2D eigenvalue weighted by molar-refractivity contribution is 6.22. The van der Waals surface area contributed by atoms with E-state index in [4.69, 9.17) is 10.2 Å². The number of benzene rings is 3. The number of phenols is 1. The molecule has 3 aromatic rings. The fourth-order valence-corrected chi connectivity index (χ4v) is 4.83. The summed E-state index contributed by atoms with van der Waals surface area (Å²) in [5.41, 5.74) is 3.16. The average Bonchev–Trinajstić information content (AvgIpc) is 3.29. The summed E-state index contributed by atoms with van der Waals surface area (Å²) in [7, 11) is 3.64. The van der Waals surface area contributed by atoms with Crippen molar-refractivity contribution in [2.75, 3.05) is 25.6 Å². The number of carboxylic acid groups (broad SMARTS) is 2. The molecule has 0 aliphatic carbocycles. The van der Waals surface area contributed by atoms with Crippen molar-refractivity contribution in [1.82, 2.24) is 15.2 Å². The predicted molar refractivity (Wildman–Crippen MR) is 175 cm³/mol. The van der Waals surface area contributed by atoms with Crippen molar-refractivity contribution in [1.29, 1.82) is 0 Å². The molecule has 1 atom stereocenters. The number of hydrogen-bond donors (Lipinski definition) is 4. The van der Waals surface area contributed by atoms with E-state index >= 15 is 0 Å². The smallest absolute Gasteiger partial charge is 0.339 e. The van der Waals surface area contributed by atoms with Gasteiger partial charge >= 0.3 is 11.9 Å². The third kappa shape index (κ3) is 7.81. The molecule has 1 fully saturated rings. The normalized spacial score (nSPS) is 14.9. The number of nitrogens with one attached hydrogen (secondary N) is 1. The number of nitrogens with zero attached hydrogens (tertiary/aromatic N) is 6. The summed E-state index contributed by atoms with van der Waals surface area (Å²) >= 11 is 0. The Morgan fingerprint density at radius 2 is 1.56 bits per heavy atom. The maximum absolute atomic E-state index is 12.8. The number of fused-ring (bicyclic) bond motifs is 3. The number of guanidine groups is 1. The van der Waals surface area contributed by atoms with Gasteiger partial charge in [0, 0.05) is 26.2 Å². The third-order valence-corrected chi connectivity index (χ3v) is 7.21. The van der Waals surface area contributed by atoms with E-state index in [0.717, 1.165) is 12.0 Å². The van der Waals surface area contributed by atoms with Gasteiger partial charge in [0.1, 0.15) is 17.2 Å². The van der Waals surface area contributed by atoms with E-state index in [9.17, 15) is 29.1 Å². The molecule has 3 amide bonds. The number of anilines is 1. The first-order chi connectivity index (χ1) is 22.8. The Bertz CT molecular complexity index is 1800. The highest BCUT2D eigenvalue weighted by Gasteiger charge is 2.50. The van der Waals surface area contributed by atoms with Crippen LogP contribution in [0.15, 0.2) is 75.9 Å². The minimum absolute atomic E-state index is 0.0301. The molecule has 1 saturated heterocycles. The second kappa shape index (κ2) is 15.0. The maximum Gasteiger partial charge on any atom is 0.339 e. The summed E-state index contributed by atoms with van der Waals surface area (Å²) in [5, 5.41) is 40.1. The topological polar surface area (TPSA) is 205 Å². The zero-order chi connectivity index (χ0) is 35.1. The van der Waals surface area contributed by atoms with Crippen LogP contribution in [0.4, 0.5) is 22.7 Å². The summed E-state index contributed by atoms with van der Waals surface area (Å²) in [5.74, 6) is -3.53. The molecular formula is C33H35N7O8. The Labute approximate surface area is 275 Å². The van der Waals surface area contributed by atoms with Crippen LogP contribution < -0.4 is 10.3 Å². The predicted octanol–water partition coefficient (Wildman–Crippen LogP) is 4.77. The van der Waals surface area contributed by atoms with E-state index in [1.165, 1.54) is 52.5 Å². The summed E-state index contributed by atoms with van der Waals surface area (Å²) < 4.78 is 0. The van der Waals surface area contributed by atoms with Crippen LogP contribution in [0.25, 0.3) is 0 Å². The molecule has 3 aromatic carbocycles. The van der Waals surface area contributed by atoms with Crippen LogP contribution in [-0.2, 0) is 14.4 Å². The first kappa shape index (κ1) is 34.7. The number of carboxylic acids is 2. The fraction of sp³-hybridized carbons (Fsp3) is 0.273. The molecule has 5 rings (SSSR count). The zero-order valence-corrected chi connectivity index (χ0v) is 26.7. The quantitative estimate of drug-likeness (QED) is 0.184. The molecule has 15 heteroatoms. The number of hydrazine groups is 1. The first-order valence-corrected chi connectivity index (χ1v) is 14.9. The van der Waals surface area contributed by atoms with E-state index in [-0.39, 0.29) is 41.8 Å². The molecule has 2 aliphatic rings. The number of aliphatic imine (C=N–C) groups is 1. The van der Waals surface area contributed by atoms with Crippen molar-refractivity contribution in [2.45, 2.75) is 33.1 Å². The summed E-state index contributed by atoms with van der Waals surface area (Å²) in [4.78, 5) is 65.0. The van der Waals surface area contributed by atoms with Crippen molar-refractivity contribution < 1.29 is 39.3 Å². The van der Waals surface area contributed by atoms with Gasteiger partial charge in [-0.1, -0.05) is 19.4 Å². The van der Waals surface area contributed by atoms with Crippen LogP contribution in [0.2, 0.25) is 0 Å². The second-order valence-corrected chi connectivity index (χ2v) is 11.1. The first-order valence-electron chi connectivity index (χ1n) is 14.9. The number of carbonyl (C=O) groups is 5. The SMILES string of the molecule is CCCC1C(=O)N2C(N(C)C)=Nc3ccc(C)cc3N2C1=O.O=C(O)CCNC(=O)c1ccc(/N=N/c2ccc(O)c(C(=O)O)c2)cc1. The van der Waals surface area contributed by atoms with Gasteiger partial charge in [-0.25, -0.2) is 14.8 Å². The van der Waals surface area contributed by atoms with Crippen molar-refractivity contribution >= 4 is 58.4 Å². The third-order valence-electron chi connectivity index (χ3n) is 7.21. The lowest BCUT2D eigenvalue weighted by Gasteiger charge is -2.35. The molecule has 2 aliphatic heterocycles. The van der Waals surface area contributed by atoms with Crippen LogP contribution in [0.5, 0.6) is 5.75 Å². The maximum atomic E-state index is 12.8. The number of amides is 3. The number of carbonyl (C=O) groups excluding carboxylic acids is 3. The van der Waals surface area contributed by atoms with Gasteiger partial charge in [-0.05, 0) is 73.5 Å². The van der Waals surface area contributed by atoms with Crippen LogP contribution in [-0.4, -0.2) is 81.5 Å². The number of rotatable bonds is 9. The number of aromatic carboxylic acids is 1. The van der Waals surface area contributed by atoms with Crippen LogP contribution in [0.1, 0.15) is 52.5 Å². The summed E-state index contributed by atoms with van der Waals surface area (Å²) in [6.07, 6.45) is 1.19. The molecule has 2 heterocycles. The van der Waals surface area contributed by atoms with Gasteiger partial charge in [0.15, 0.2) is 0 Å². The van der Waals surface area contributed by atoms with Crippen molar-refractivity contribution in [3.05, 3.63) is 77.4 Å². The van der Waals surface area contributed by atoms with Gasteiger partial charge < -0.3 is 25.5 Å². The molecule has 0 spiro atoms. The van der Waals surface area contributed by atoms with Gasteiger partial charge in [-0.2, -0.15) is 15.2 Å². The minimum atomic E-state index is -1.28. The Kier molecular flexibility index (Phi) is 10.8. The molecular weight excluding hydrogens is 622 g/mol. The summed E-state index contributed by atoms with van der Waals surface area (Å²) in [6, 6.07) is 15.6. The number of aromatic hydroxyl groups is 1. The van der Waals surface area contributed by atoms with E-state index in [1.807, 2.05) is 46.1 Å². The highest BCUT2D eigenvalue weighted by Crippen LogP contribution is 2.40. The number of azo groups is 1. The van der Waals surface area contributed by atoms with E-state index in [1.54, 1.807) is 4.90 Å². The molecule has 15 nitrogen and oxygen atoms in total. The minimum Gasteiger partial charge on any atom is -0.507 e. The van der Waals surface area contributed by atoms with Crippen LogP contribution in [0.3, 0.4) is 0 Å². The van der Waals surface area contributed by atoms with Gasteiger partial charge in [0.2, 0.25) is 5.96 Å². The van der Waals surface area contributed by atoms with Crippen LogP contribution in [0, 0.1) is 12.8 Å². The number of aryl methyl sites for hydroxylation is 1. The molecule has 4 N–H and O–H groups in total. The lowest BCUT2D eigenvalue weighted by molar-refractivity contribution is -0.137. The van der Waals surface area contributed by atoms with Crippen LogP contribution >= 0.6 is 0 Å². The lowest BCUT2D eigenvalue weighted by atomic mass is 10.0. The molecule has 0 saturated carbocycles. The Morgan fingerprint density at radius 1 is 0.917 bits per heavy atom. The average molecular weight is 658 g/mol. The Morgan fingerprint density at radius 3 is 2.19 bits per heavy atom. The monoisotopic (exact) mass is 657 g/mol. The molecule has 1 unspecified atom stereocenters. The van der Waals surface area contributed by atoms with E-state index < -0.39 is 23.8 Å². The van der Waals surface area contributed by atoms with E-state index in [2.05, 4.69) is 20.5 Å². The molecule has 250 valence electrons. The zero-order valence-electron chi connectivity index (χ0n) is 26.7. The molecule has 0 radical (unpaired) electrons. The molecule has 0 bridgehead atoms. The van der Waals surface area contributed by atoms with Crippen molar-refractivity contribution in [3.8, 4) is 5.75 Å². The van der Waals surface area contributed by atoms with Gasteiger partial charge in [0.25, 0.3) is 17.7 Å². The Balaban J connectivity index is 0.000000219. The highest BCUT2D eigenvalue weighted by atomic mass is 16.4. The summed E-state index contributed by atoms with van der Waals surface area (Å²) in [6.45, 7) is 3.97.